The third kappa shape index (κ3) is 2.23. The molecular weight excluding hydrogens is 328 g/mol. The van der Waals surface area contributed by atoms with Gasteiger partial charge in [0, 0.05) is 17.6 Å². The Morgan fingerprint density at radius 1 is 1.16 bits per heavy atom. The van der Waals surface area contributed by atoms with Gasteiger partial charge in [0.1, 0.15) is 10.7 Å². The number of pyridine rings is 1. The van der Waals surface area contributed by atoms with E-state index in [1.807, 2.05) is 6.34 Å². The van der Waals surface area contributed by atoms with Gasteiger partial charge in [-0.25, -0.2) is 9.98 Å². The molecule has 2 aliphatic heterocycles. The molecule has 0 fully saturated rings. The van der Waals surface area contributed by atoms with Crippen LogP contribution in [0, 0.1) is 13.8 Å². The maximum atomic E-state index is 4.92. The summed E-state index contributed by atoms with van der Waals surface area (Å²) in [5.74, 6) is 1.06. The van der Waals surface area contributed by atoms with Crippen LogP contribution in [0.1, 0.15) is 27.3 Å². The van der Waals surface area contributed by atoms with E-state index in [1.165, 1.54) is 27.0 Å². The highest BCUT2D eigenvalue weighted by molar-refractivity contribution is 7.21. The fourth-order valence-electron chi connectivity index (χ4n) is 3.71. The number of hydrogen-bond donors (Lipinski definition) is 0. The van der Waals surface area contributed by atoms with Crippen molar-refractivity contribution in [2.24, 2.45) is 9.98 Å². The third-order valence-corrected chi connectivity index (χ3v) is 6.09. The standard InChI is InChI=1S/C20H18N4S/c1-12-15(10-14-6-4-3-5-7-14)13(2)23-20-16(12)17-18(25-20)19-21-8-9-24(19)11-22-17/h3-7,11H,8-10H2,1-2H3. The number of fused-ring (bicyclic) bond motifs is 5. The summed E-state index contributed by atoms with van der Waals surface area (Å²) in [5.41, 5.74) is 6.09. The number of thiophene rings is 1. The highest BCUT2D eigenvalue weighted by Crippen LogP contribution is 2.43. The van der Waals surface area contributed by atoms with Crippen molar-refractivity contribution in [1.29, 1.82) is 0 Å². The molecule has 0 atom stereocenters. The predicted octanol–water partition coefficient (Wildman–Crippen LogP) is 4.24. The fourth-order valence-corrected chi connectivity index (χ4v) is 4.96. The topological polar surface area (TPSA) is 40.9 Å². The Morgan fingerprint density at radius 3 is 2.84 bits per heavy atom. The van der Waals surface area contributed by atoms with Gasteiger partial charge < -0.3 is 4.90 Å². The third-order valence-electron chi connectivity index (χ3n) is 5.03. The van der Waals surface area contributed by atoms with Crippen molar-refractivity contribution in [2.75, 3.05) is 13.1 Å². The number of hydrogen-bond acceptors (Lipinski definition) is 5. The maximum Gasteiger partial charge on any atom is 0.148 e. The van der Waals surface area contributed by atoms with E-state index in [4.69, 9.17) is 9.98 Å². The second kappa shape index (κ2) is 5.49. The quantitative estimate of drug-likeness (QED) is 0.696. The number of rotatable bonds is 2. The van der Waals surface area contributed by atoms with E-state index in [-0.39, 0.29) is 0 Å². The summed E-state index contributed by atoms with van der Waals surface area (Å²) in [6.45, 7) is 6.10. The second-order valence-electron chi connectivity index (χ2n) is 6.57. The molecule has 25 heavy (non-hydrogen) atoms. The van der Waals surface area contributed by atoms with Crippen LogP contribution in [0.3, 0.4) is 0 Å². The second-order valence-corrected chi connectivity index (χ2v) is 7.57. The molecule has 3 aromatic rings. The van der Waals surface area contributed by atoms with Crippen LogP contribution in [0.4, 0.5) is 5.69 Å². The van der Waals surface area contributed by atoms with Crippen molar-refractivity contribution in [3.05, 3.63) is 57.6 Å². The van der Waals surface area contributed by atoms with Crippen LogP contribution in [0.2, 0.25) is 0 Å². The summed E-state index contributed by atoms with van der Waals surface area (Å²) in [5, 5.41) is 1.20. The number of amidine groups is 1. The van der Waals surface area contributed by atoms with Gasteiger partial charge in [0.25, 0.3) is 0 Å². The molecule has 1 aromatic carbocycles. The minimum atomic E-state index is 0.847. The van der Waals surface area contributed by atoms with E-state index in [1.54, 1.807) is 11.3 Å². The molecule has 0 radical (unpaired) electrons. The minimum absolute atomic E-state index is 0.847. The number of aromatic nitrogens is 1. The molecule has 2 aliphatic rings. The van der Waals surface area contributed by atoms with E-state index < -0.39 is 0 Å². The van der Waals surface area contributed by atoms with Gasteiger partial charge in [-0.05, 0) is 37.0 Å². The zero-order chi connectivity index (χ0) is 17.0. The summed E-state index contributed by atoms with van der Waals surface area (Å²) in [7, 11) is 0. The molecule has 5 heteroatoms. The van der Waals surface area contributed by atoms with Crippen LogP contribution in [-0.4, -0.2) is 35.1 Å². The molecule has 0 unspecified atom stereocenters. The first-order valence-electron chi connectivity index (χ1n) is 8.54. The molecule has 0 amide bonds. The smallest absolute Gasteiger partial charge is 0.148 e. The maximum absolute atomic E-state index is 4.92. The van der Waals surface area contributed by atoms with E-state index in [0.717, 1.165) is 41.6 Å². The van der Waals surface area contributed by atoms with Crippen molar-refractivity contribution >= 4 is 39.4 Å². The number of benzene rings is 1. The van der Waals surface area contributed by atoms with Gasteiger partial charge in [0.15, 0.2) is 0 Å². The summed E-state index contributed by atoms with van der Waals surface area (Å²) in [6.07, 6.45) is 2.83. The molecule has 0 saturated heterocycles. The Balaban J connectivity index is 1.71. The number of aliphatic imine (C=N–C) groups is 2. The Bertz CT molecular complexity index is 1050. The Labute approximate surface area is 150 Å². The molecule has 124 valence electrons. The average molecular weight is 346 g/mol. The summed E-state index contributed by atoms with van der Waals surface area (Å²) >= 11 is 1.72. The van der Waals surface area contributed by atoms with Crippen molar-refractivity contribution in [1.82, 2.24) is 9.88 Å². The molecule has 2 aromatic heterocycles. The normalized spacial score (nSPS) is 15.4. The van der Waals surface area contributed by atoms with Crippen LogP contribution < -0.4 is 0 Å². The van der Waals surface area contributed by atoms with Crippen molar-refractivity contribution < 1.29 is 0 Å². The van der Waals surface area contributed by atoms with E-state index in [9.17, 15) is 0 Å². The summed E-state index contributed by atoms with van der Waals surface area (Å²) < 4.78 is 0. The van der Waals surface area contributed by atoms with Gasteiger partial charge in [-0.1, -0.05) is 30.3 Å². The molecule has 4 nitrogen and oxygen atoms in total. The molecule has 0 spiro atoms. The average Bonchev–Trinajstić information content (AvgIpc) is 3.23. The van der Waals surface area contributed by atoms with Gasteiger partial charge in [0.05, 0.1) is 23.4 Å². The fraction of sp³-hybridized carbons (Fsp3) is 0.250. The van der Waals surface area contributed by atoms with Crippen LogP contribution in [-0.2, 0) is 6.42 Å². The number of aryl methyl sites for hydroxylation is 2. The highest BCUT2D eigenvalue weighted by Gasteiger charge is 2.29. The molecular formula is C20H18N4S. The van der Waals surface area contributed by atoms with E-state index in [0.29, 0.717) is 0 Å². The molecule has 5 rings (SSSR count). The minimum Gasteiger partial charge on any atom is -0.314 e. The monoisotopic (exact) mass is 346 g/mol. The van der Waals surface area contributed by atoms with Crippen molar-refractivity contribution in [2.45, 2.75) is 20.3 Å². The zero-order valence-corrected chi connectivity index (χ0v) is 15.1. The lowest BCUT2D eigenvalue weighted by Gasteiger charge is -2.18. The van der Waals surface area contributed by atoms with Gasteiger partial charge in [0.2, 0.25) is 0 Å². The van der Waals surface area contributed by atoms with Gasteiger partial charge >= 0.3 is 0 Å². The zero-order valence-electron chi connectivity index (χ0n) is 14.3. The first kappa shape index (κ1) is 14.8. The van der Waals surface area contributed by atoms with Crippen LogP contribution in [0.5, 0.6) is 0 Å². The molecule has 0 aliphatic carbocycles. The van der Waals surface area contributed by atoms with E-state index >= 15 is 0 Å². The lowest BCUT2D eigenvalue weighted by atomic mass is 9.97. The Kier molecular flexibility index (Phi) is 3.25. The lowest BCUT2D eigenvalue weighted by Crippen LogP contribution is -2.28. The largest absolute Gasteiger partial charge is 0.314 e. The van der Waals surface area contributed by atoms with Crippen LogP contribution in [0.15, 0.2) is 40.3 Å². The molecule has 0 N–H and O–H groups in total. The molecule has 0 bridgehead atoms. The Hall–Kier alpha value is -2.53. The van der Waals surface area contributed by atoms with Crippen molar-refractivity contribution in [3.8, 4) is 0 Å². The van der Waals surface area contributed by atoms with Gasteiger partial charge in [-0.3, -0.25) is 4.99 Å². The van der Waals surface area contributed by atoms with Crippen LogP contribution in [0.25, 0.3) is 10.2 Å². The lowest BCUT2D eigenvalue weighted by molar-refractivity contribution is 0.682. The van der Waals surface area contributed by atoms with Gasteiger partial charge in [-0.2, -0.15) is 0 Å². The Morgan fingerprint density at radius 2 is 2.00 bits per heavy atom. The summed E-state index contributed by atoms with van der Waals surface area (Å²) in [6, 6.07) is 10.6. The van der Waals surface area contributed by atoms with Crippen molar-refractivity contribution in [3.63, 3.8) is 0 Å². The molecule has 4 heterocycles. The first-order chi connectivity index (χ1) is 12.2. The summed E-state index contributed by atoms with van der Waals surface area (Å²) in [4.78, 5) is 18.7. The van der Waals surface area contributed by atoms with Crippen LogP contribution >= 0.6 is 11.3 Å². The van der Waals surface area contributed by atoms with E-state index in [2.05, 4.69) is 54.1 Å². The highest BCUT2D eigenvalue weighted by atomic mass is 32.1. The van der Waals surface area contributed by atoms with Gasteiger partial charge in [-0.15, -0.1) is 11.3 Å². The molecule has 0 saturated carbocycles. The SMILES string of the molecule is Cc1nc2sc3c(c2c(C)c1Cc1ccccc1)N=CN1CCN=C31. The predicted molar refractivity (Wildman–Crippen MR) is 105 cm³/mol. The number of nitrogens with zero attached hydrogens (tertiary/aromatic N) is 4. The first-order valence-corrected chi connectivity index (χ1v) is 9.36.